The number of aliphatic hydroxyl groups excluding tert-OH is 1. The summed E-state index contributed by atoms with van der Waals surface area (Å²) in [5, 5.41) is 22.1. The summed E-state index contributed by atoms with van der Waals surface area (Å²) in [5.74, 6) is 4.82. The average Bonchev–Trinajstić information content (AvgIpc) is 3.09. The monoisotopic (exact) mass is 429 g/mol. The first kappa shape index (κ1) is 21.1. The highest BCUT2D eigenvalue weighted by atomic mass is 16.3. The summed E-state index contributed by atoms with van der Waals surface area (Å²) in [6, 6.07) is 0.341. The Balaban J connectivity index is 1.31. The lowest BCUT2D eigenvalue weighted by Crippen LogP contribution is -2.67. The Hall–Kier alpha value is -0.450. The van der Waals surface area contributed by atoms with Gasteiger partial charge in [-0.15, -0.1) is 0 Å². The van der Waals surface area contributed by atoms with E-state index in [1.165, 1.54) is 25.8 Å². The lowest BCUT2D eigenvalue weighted by atomic mass is 9.51. The summed E-state index contributed by atoms with van der Waals surface area (Å²) in [4.78, 5) is 15.9. The summed E-state index contributed by atoms with van der Waals surface area (Å²) >= 11 is 0. The molecule has 0 aromatic rings. The third kappa shape index (κ3) is 2.93. The predicted octanol–water partition coefficient (Wildman–Crippen LogP) is 3.89. The van der Waals surface area contributed by atoms with Gasteiger partial charge in [0.1, 0.15) is 5.78 Å². The molecule has 31 heavy (non-hydrogen) atoms. The van der Waals surface area contributed by atoms with E-state index in [2.05, 4.69) is 25.7 Å². The molecule has 2 N–H and O–H groups in total. The lowest BCUT2D eigenvalue weighted by Gasteiger charge is -2.59. The van der Waals surface area contributed by atoms with Crippen LogP contribution in [0.3, 0.4) is 0 Å². The van der Waals surface area contributed by atoms with Gasteiger partial charge in [-0.05, 0) is 105 Å². The molecule has 6 aliphatic rings. The normalized spacial score (nSPS) is 59.2. The van der Waals surface area contributed by atoms with Gasteiger partial charge < -0.3 is 10.2 Å². The third-order valence-electron chi connectivity index (χ3n) is 11.8. The molecule has 174 valence electrons. The van der Waals surface area contributed by atoms with Gasteiger partial charge in [-0.1, -0.05) is 13.8 Å². The number of fused-ring (bicyclic) bond motifs is 8. The first-order valence-corrected chi connectivity index (χ1v) is 13.4. The molecule has 4 saturated carbocycles. The Labute approximate surface area is 188 Å². The molecule has 4 heteroatoms. The Kier molecular flexibility index (Phi) is 4.78. The highest BCUT2D eigenvalue weighted by Crippen LogP contribution is 2.66. The van der Waals surface area contributed by atoms with Gasteiger partial charge in [0.2, 0.25) is 0 Å². The van der Waals surface area contributed by atoms with E-state index in [-0.39, 0.29) is 17.4 Å². The fourth-order valence-electron chi connectivity index (χ4n) is 10.4. The molecule has 0 spiro atoms. The highest BCUT2D eigenvalue weighted by Gasteiger charge is 2.64. The molecule has 0 bridgehead atoms. The average molecular weight is 430 g/mol. The minimum Gasteiger partial charge on any atom is -0.393 e. The van der Waals surface area contributed by atoms with E-state index in [1.807, 2.05) is 0 Å². The maximum atomic E-state index is 13.2. The van der Waals surface area contributed by atoms with Crippen molar-refractivity contribution in [3.05, 3.63) is 0 Å². The zero-order valence-corrected chi connectivity index (χ0v) is 19.8. The van der Waals surface area contributed by atoms with Crippen molar-refractivity contribution in [2.75, 3.05) is 13.1 Å². The van der Waals surface area contributed by atoms with Crippen molar-refractivity contribution >= 4 is 5.78 Å². The van der Waals surface area contributed by atoms with Gasteiger partial charge in [-0.2, -0.15) is 0 Å². The molecule has 0 aromatic carbocycles. The van der Waals surface area contributed by atoms with Crippen molar-refractivity contribution in [2.45, 2.75) is 96.3 Å². The molecule has 0 aromatic heterocycles. The van der Waals surface area contributed by atoms with Gasteiger partial charge in [0.05, 0.1) is 11.7 Å². The van der Waals surface area contributed by atoms with Crippen LogP contribution in [0.2, 0.25) is 0 Å². The maximum Gasteiger partial charge on any atom is 0.136 e. The molecule has 6 fully saturated rings. The van der Waals surface area contributed by atoms with Crippen molar-refractivity contribution in [2.24, 2.45) is 52.8 Å². The number of hydrogen-bond donors (Lipinski definition) is 2. The largest absolute Gasteiger partial charge is 0.393 e. The van der Waals surface area contributed by atoms with Gasteiger partial charge in [0.25, 0.3) is 0 Å². The van der Waals surface area contributed by atoms with Crippen molar-refractivity contribution in [3.8, 4) is 0 Å². The van der Waals surface area contributed by atoms with Crippen molar-refractivity contribution < 1.29 is 15.0 Å². The van der Waals surface area contributed by atoms with E-state index < -0.39 is 5.60 Å². The zero-order chi connectivity index (χ0) is 21.7. The smallest absolute Gasteiger partial charge is 0.136 e. The minimum atomic E-state index is -0.570. The standard InChI is InChI=1S/C27H43NO3/c1-15-4-7-25-27(3,31)21-6-5-17-18(20(21)14-28(25)13-15)11-22-19(17)12-24(30)23-10-16(29)8-9-26(22,23)2/h15-23,25,29,31H,4-14H2,1-3H3/t15-,16+,17-,18-,19-,20+,21-,22+,23-,25+,26-,27+/m1/s1. The topological polar surface area (TPSA) is 60.8 Å². The van der Waals surface area contributed by atoms with Gasteiger partial charge in [-0.3, -0.25) is 9.69 Å². The van der Waals surface area contributed by atoms with E-state index in [0.717, 1.165) is 44.6 Å². The van der Waals surface area contributed by atoms with E-state index in [9.17, 15) is 15.0 Å². The molecule has 0 amide bonds. The highest BCUT2D eigenvalue weighted by molar-refractivity contribution is 5.83. The van der Waals surface area contributed by atoms with Crippen LogP contribution >= 0.6 is 0 Å². The first-order chi connectivity index (χ1) is 14.7. The SMILES string of the molecule is C[C@@H]1CC[C@@H]2N(C1)C[C@H]1[C@@H]3C[C@H]4[C@H](CC(=O)[C@H]5C[C@@H](O)CC[C@@]54C)[C@@H]3CC[C@H]1[C@]2(C)O. The van der Waals surface area contributed by atoms with Crippen LogP contribution in [0.15, 0.2) is 0 Å². The summed E-state index contributed by atoms with van der Waals surface area (Å²) in [6.07, 6.45) is 9.08. The van der Waals surface area contributed by atoms with Gasteiger partial charge in [0.15, 0.2) is 0 Å². The first-order valence-electron chi connectivity index (χ1n) is 13.4. The van der Waals surface area contributed by atoms with E-state index in [1.54, 1.807) is 0 Å². The number of ketones is 1. The third-order valence-corrected chi connectivity index (χ3v) is 11.8. The number of piperidine rings is 2. The molecule has 0 radical (unpaired) electrons. The van der Waals surface area contributed by atoms with Crippen LogP contribution in [0, 0.1) is 52.8 Å². The predicted molar refractivity (Wildman–Crippen MR) is 120 cm³/mol. The summed E-state index contributed by atoms with van der Waals surface area (Å²) < 4.78 is 0. The number of carbonyl (C=O) groups is 1. The number of carbonyl (C=O) groups excluding carboxylic acids is 1. The maximum absolute atomic E-state index is 13.2. The molecular weight excluding hydrogens is 386 g/mol. The van der Waals surface area contributed by atoms with Crippen LogP contribution in [-0.2, 0) is 4.79 Å². The summed E-state index contributed by atoms with van der Waals surface area (Å²) in [7, 11) is 0. The van der Waals surface area contributed by atoms with Crippen molar-refractivity contribution in [1.82, 2.24) is 4.90 Å². The molecular formula is C27H43NO3. The molecule has 12 atom stereocenters. The molecule has 6 rings (SSSR count). The fourth-order valence-corrected chi connectivity index (χ4v) is 10.4. The van der Waals surface area contributed by atoms with Crippen LogP contribution < -0.4 is 0 Å². The molecule has 4 nitrogen and oxygen atoms in total. The molecule has 4 aliphatic carbocycles. The Morgan fingerprint density at radius 2 is 1.71 bits per heavy atom. The Bertz CT molecular complexity index is 751. The summed E-state index contributed by atoms with van der Waals surface area (Å²) in [5.41, 5.74) is -0.482. The second kappa shape index (κ2) is 7.03. The number of nitrogens with zero attached hydrogens (tertiary/aromatic N) is 1. The van der Waals surface area contributed by atoms with Crippen LogP contribution in [0.5, 0.6) is 0 Å². The molecule has 0 unspecified atom stereocenters. The quantitative estimate of drug-likeness (QED) is 0.613. The second-order valence-electron chi connectivity index (χ2n) is 13.2. The van der Waals surface area contributed by atoms with Gasteiger partial charge in [-0.25, -0.2) is 0 Å². The number of Topliss-reactive ketones (excluding diaryl/α,β-unsaturated/α-hetero) is 1. The van der Waals surface area contributed by atoms with E-state index in [4.69, 9.17) is 0 Å². The number of rotatable bonds is 0. The van der Waals surface area contributed by atoms with Gasteiger partial charge >= 0.3 is 0 Å². The molecule has 2 heterocycles. The Morgan fingerprint density at radius 3 is 2.52 bits per heavy atom. The summed E-state index contributed by atoms with van der Waals surface area (Å²) in [6.45, 7) is 9.23. The van der Waals surface area contributed by atoms with Crippen LogP contribution in [-0.4, -0.2) is 51.7 Å². The van der Waals surface area contributed by atoms with E-state index >= 15 is 0 Å². The van der Waals surface area contributed by atoms with Crippen LogP contribution in [0.4, 0.5) is 0 Å². The number of hydrogen-bond acceptors (Lipinski definition) is 4. The van der Waals surface area contributed by atoms with E-state index in [0.29, 0.717) is 53.8 Å². The molecule has 2 aliphatic heterocycles. The number of aliphatic hydroxyl groups is 2. The van der Waals surface area contributed by atoms with Crippen molar-refractivity contribution in [1.29, 1.82) is 0 Å². The lowest BCUT2D eigenvalue weighted by molar-refractivity contribution is -0.175. The van der Waals surface area contributed by atoms with Crippen LogP contribution in [0.25, 0.3) is 0 Å². The minimum absolute atomic E-state index is 0.0789. The zero-order valence-electron chi connectivity index (χ0n) is 19.8. The molecule has 2 saturated heterocycles. The second-order valence-corrected chi connectivity index (χ2v) is 13.2. The Morgan fingerprint density at radius 1 is 0.903 bits per heavy atom. The van der Waals surface area contributed by atoms with Crippen LogP contribution in [0.1, 0.15) is 78.6 Å². The van der Waals surface area contributed by atoms with Crippen molar-refractivity contribution in [3.63, 3.8) is 0 Å². The van der Waals surface area contributed by atoms with Gasteiger partial charge in [0, 0.05) is 31.5 Å². The fraction of sp³-hybridized carbons (Fsp3) is 0.963.